The van der Waals surface area contributed by atoms with Crippen molar-refractivity contribution in [2.75, 3.05) is 7.05 Å². The van der Waals surface area contributed by atoms with Crippen molar-refractivity contribution in [1.82, 2.24) is 4.90 Å². The Hall–Kier alpha value is -1.60. The summed E-state index contributed by atoms with van der Waals surface area (Å²) in [7, 11) is 2.33. The van der Waals surface area contributed by atoms with Gasteiger partial charge in [0.05, 0.1) is 0 Å². The summed E-state index contributed by atoms with van der Waals surface area (Å²) in [6, 6.07) is 23.8. The molecule has 1 nitrogen and oxygen atoms in total. The van der Waals surface area contributed by atoms with Crippen molar-refractivity contribution < 1.29 is 0 Å². The van der Waals surface area contributed by atoms with Crippen LogP contribution in [0.25, 0.3) is 0 Å². The fraction of sp³-hybridized carbons (Fsp3) is 0.400. The molecule has 0 aromatic heterocycles. The van der Waals surface area contributed by atoms with Gasteiger partial charge in [0.2, 0.25) is 0 Å². The monoisotopic (exact) mass is 277 g/mol. The summed E-state index contributed by atoms with van der Waals surface area (Å²) >= 11 is 0. The number of nitrogens with zero attached hydrogens (tertiary/aromatic N) is 1. The first-order chi connectivity index (χ1) is 10.3. The Balaban J connectivity index is 1.77. The molecule has 0 aliphatic carbocycles. The Morgan fingerprint density at radius 3 is 2.10 bits per heavy atom. The topological polar surface area (TPSA) is 3.24 Å². The average molecular weight is 277 g/mol. The lowest BCUT2D eigenvalue weighted by atomic mass is 9.73. The number of likely N-dealkylation sites (N-methyl/N-ethyl adjacent to an activating group) is 1. The molecule has 2 fully saturated rings. The molecule has 1 heteroatoms. The van der Waals surface area contributed by atoms with Gasteiger partial charge in [-0.3, -0.25) is 4.90 Å². The highest BCUT2D eigenvalue weighted by molar-refractivity contribution is 5.32. The summed E-state index contributed by atoms with van der Waals surface area (Å²) < 4.78 is 0. The number of hydrogen-bond donors (Lipinski definition) is 0. The second kappa shape index (κ2) is 5.31. The summed E-state index contributed by atoms with van der Waals surface area (Å²) in [6.07, 6.45) is 4.02. The number of hydrogen-bond acceptors (Lipinski definition) is 1. The lowest BCUT2D eigenvalue weighted by molar-refractivity contribution is 0.137. The summed E-state index contributed by atoms with van der Waals surface area (Å²) in [5.74, 6) is 1.31. The van der Waals surface area contributed by atoms with Gasteiger partial charge in [0, 0.05) is 18.0 Å². The number of benzene rings is 2. The van der Waals surface area contributed by atoms with Gasteiger partial charge in [-0.1, -0.05) is 60.7 Å². The first-order valence-corrected chi connectivity index (χ1v) is 8.16. The molecule has 2 aliphatic rings. The van der Waals surface area contributed by atoms with Gasteiger partial charge in [-0.15, -0.1) is 0 Å². The van der Waals surface area contributed by atoms with Crippen LogP contribution in [0.1, 0.15) is 42.2 Å². The van der Waals surface area contributed by atoms with Crippen molar-refractivity contribution in [3.05, 3.63) is 71.8 Å². The molecule has 0 spiro atoms. The van der Waals surface area contributed by atoms with Crippen LogP contribution in [0.4, 0.5) is 0 Å². The van der Waals surface area contributed by atoms with Crippen LogP contribution in [0.5, 0.6) is 0 Å². The molecule has 2 bridgehead atoms. The number of fused-ring (bicyclic) bond motifs is 2. The fourth-order valence-corrected chi connectivity index (χ4v) is 4.64. The second-order valence-corrected chi connectivity index (χ2v) is 6.65. The van der Waals surface area contributed by atoms with Crippen molar-refractivity contribution >= 4 is 0 Å². The van der Waals surface area contributed by atoms with Gasteiger partial charge in [-0.2, -0.15) is 0 Å². The van der Waals surface area contributed by atoms with Crippen LogP contribution in [0, 0.1) is 0 Å². The minimum Gasteiger partial charge on any atom is -0.300 e. The Kier molecular flexibility index (Phi) is 3.31. The van der Waals surface area contributed by atoms with E-state index in [2.05, 4.69) is 72.6 Å². The maximum atomic E-state index is 2.65. The third kappa shape index (κ3) is 2.20. The predicted molar refractivity (Wildman–Crippen MR) is 87.6 cm³/mol. The fourth-order valence-electron chi connectivity index (χ4n) is 4.64. The van der Waals surface area contributed by atoms with Crippen LogP contribution >= 0.6 is 0 Å². The van der Waals surface area contributed by atoms with E-state index in [1.807, 2.05) is 0 Å². The predicted octanol–water partition coefficient (Wildman–Crippen LogP) is 4.42. The molecular formula is C20H23N. The molecule has 0 N–H and O–H groups in total. The van der Waals surface area contributed by atoms with E-state index in [1.165, 1.54) is 30.4 Å². The molecule has 2 aromatic rings. The lowest BCUT2D eigenvalue weighted by Gasteiger charge is -2.43. The van der Waals surface area contributed by atoms with Crippen molar-refractivity contribution in [2.24, 2.45) is 0 Å². The average Bonchev–Trinajstić information content (AvgIpc) is 2.79. The van der Waals surface area contributed by atoms with Gasteiger partial charge < -0.3 is 0 Å². The van der Waals surface area contributed by atoms with Gasteiger partial charge in [0.15, 0.2) is 0 Å². The van der Waals surface area contributed by atoms with Crippen molar-refractivity contribution in [1.29, 1.82) is 0 Å². The maximum Gasteiger partial charge on any atom is 0.0170 e. The van der Waals surface area contributed by atoms with E-state index in [0.29, 0.717) is 17.9 Å². The largest absolute Gasteiger partial charge is 0.300 e. The lowest BCUT2D eigenvalue weighted by Crippen LogP contribution is -2.44. The van der Waals surface area contributed by atoms with E-state index in [4.69, 9.17) is 0 Å². The van der Waals surface area contributed by atoms with Crippen LogP contribution in [0.2, 0.25) is 0 Å². The molecule has 4 atom stereocenters. The maximum absolute atomic E-state index is 2.65. The Morgan fingerprint density at radius 2 is 1.43 bits per heavy atom. The van der Waals surface area contributed by atoms with Crippen LogP contribution in [-0.4, -0.2) is 24.0 Å². The first-order valence-electron chi connectivity index (χ1n) is 8.16. The smallest absolute Gasteiger partial charge is 0.0170 e. The zero-order valence-corrected chi connectivity index (χ0v) is 12.7. The Morgan fingerprint density at radius 1 is 0.810 bits per heavy atom. The van der Waals surface area contributed by atoms with Crippen LogP contribution in [0.15, 0.2) is 60.7 Å². The molecule has 2 aromatic carbocycles. The van der Waals surface area contributed by atoms with Crippen LogP contribution in [0.3, 0.4) is 0 Å². The zero-order chi connectivity index (χ0) is 14.2. The minimum absolute atomic E-state index is 0.636. The normalized spacial score (nSPS) is 32.2. The van der Waals surface area contributed by atoms with Crippen molar-refractivity contribution in [3.63, 3.8) is 0 Å². The summed E-state index contributed by atoms with van der Waals surface area (Å²) in [5.41, 5.74) is 3.04. The summed E-state index contributed by atoms with van der Waals surface area (Å²) in [5, 5.41) is 0. The van der Waals surface area contributed by atoms with E-state index in [-0.39, 0.29) is 0 Å². The molecule has 2 saturated heterocycles. The number of piperidine rings is 1. The molecule has 21 heavy (non-hydrogen) atoms. The van der Waals surface area contributed by atoms with E-state index in [0.717, 1.165) is 6.04 Å². The van der Waals surface area contributed by atoms with Gasteiger partial charge in [-0.05, 0) is 43.4 Å². The van der Waals surface area contributed by atoms with E-state index < -0.39 is 0 Å². The first kappa shape index (κ1) is 13.1. The van der Waals surface area contributed by atoms with Crippen LogP contribution < -0.4 is 0 Å². The standard InChI is InChI=1S/C20H23N/c1-21-17-12-13-19(21)20(16-10-6-3-7-11-16)18(14-17)15-8-4-2-5-9-15/h2-11,17-20H,12-14H2,1H3/t17-,18-,19+,20+/m0/s1. The zero-order valence-electron chi connectivity index (χ0n) is 12.7. The molecule has 4 rings (SSSR count). The van der Waals surface area contributed by atoms with Gasteiger partial charge in [0.1, 0.15) is 0 Å². The third-order valence-electron chi connectivity index (χ3n) is 5.68. The summed E-state index contributed by atoms with van der Waals surface area (Å²) in [4.78, 5) is 2.65. The molecule has 0 saturated carbocycles. The molecule has 0 radical (unpaired) electrons. The van der Waals surface area contributed by atoms with Gasteiger partial charge in [0.25, 0.3) is 0 Å². The second-order valence-electron chi connectivity index (χ2n) is 6.65. The Bertz CT molecular complexity index is 592. The van der Waals surface area contributed by atoms with Gasteiger partial charge >= 0.3 is 0 Å². The highest BCUT2D eigenvalue weighted by Gasteiger charge is 2.46. The van der Waals surface area contributed by atoms with E-state index in [9.17, 15) is 0 Å². The summed E-state index contributed by atoms with van der Waals surface area (Å²) in [6.45, 7) is 0. The number of rotatable bonds is 2. The molecule has 0 unspecified atom stereocenters. The molecule has 0 amide bonds. The van der Waals surface area contributed by atoms with Crippen molar-refractivity contribution in [3.8, 4) is 0 Å². The van der Waals surface area contributed by atoms with Gasteiger partial charge in [-0.25, -0.2) is 0 Å². The molecular weight excluding hydrogens is 254 g/mol. The molecule has 2 aliphatic heterocycles. The highest BCUT2D eigenvalue weighted by Crippen LogP contribution is 2.50. The third-order valence-corrected chi connectivity index (χ3v) is 5.68. The highest BCUT2D eigenvalue weighted by atomic mass is 15.2. The quantitative estimate of drug-likeness (QED) is 0.785. The molecule has 2 heterocycles. The van der Waals surface area contributed by atoms with Crippen molar-refractivity contribution in [2.45, 2.75) is 43.2 Å². The SMILES string of the molecule is CN1[C@H]2CC[C@@H]1[C@H](c1ccccc1)[C@H](c1ccccc1)C2. The van der Waals surface area contributed by atoms with E-state index >= 15 is 0 Å². The van der Waals surface area contributed by atoms with Crippen LogP contribution in [-0.2, 0) is 0 Å². The Labute approximate surface area is 127 Å². The van der Waals surface area contributed by atoms with E-state index in [1.54, 1.807) is 0 Å². The minimum atomic E-state index is 0.636. The molecule has 108 valence electrons.